The van der Waals surface area contributed by atoms with Crippen LogP contribution in [-0.2, 0) is 6.42 Å². The van der Waals surface area contributed by atoms with Crippen molar-refractivity contribution in [1.29, 1.82) is 5.26 Å². The van der Waals surface area contributed by atoms with E-state index in [2.05, 4.69) is 6.07 Å². The summed E-state index contributed by atoms with van der Waals surface area (Å²) < 4.78 is 13.6. The smallest absolute Gasteiger partial charge is 0.127 e. The molecule has 0 N–H and O–H groups in total. The second-order valence-electron chi connectivity index (χ2n) is 3.92. The monoisotopic (exact) mass is 213 g/mol. The minimum atomic E-state index is -0.164. The molecule has 16 heavy (non-hydrogen) atoms. The maximum absolute atomic E-state index is 13.6. The quantitative estimate of drug-likeness (QED) is 0.708. The molecule has 0 radical (unpaired) electrons. The maximum atomic E-state index is 13.6. The summed E-state index contributed by atoms with van der Waals surface area (Å²) in [5.41, 5.74) is 2.26. The van der Waals surface area contributed by atoms with Crippen molar-refractivity contribution in [3.05, 3.63) is 46.8 Å². The van der Waals surface area contributed by atoms with Crippen LogP contribution in [-0.4, -0.2) is 0 Å². The van der Waals surface area contributed by atoms with Crippen molar-refractivity contribution >= 4 is 10.8 Å². The molecule has 0 unspecified atom stereocenters. The summed E-state index contributed by atoms with van der Waals surface area (Å²) >= 11 is 0. The van der Waals surface area contributed by atoms with Crippen molar-refractivity contribution in [3.8, 4) is 6.07 Å². The third kappa shape index (κ3) is 1.65. The van der Waals surface area contributed by atoms with Crippen LogP contribution in [0.1, 0.15) is 23.6 Å². The summed E-state index contributed by atoms with van der Waals surface area (Å²) in [6, 6.07) is 9.10. The van der Waals surface area contributed by atoms with Crippen molar-refractivity contribution in [1.82, 2.24) is 0 Å². The Balaban J connectivity index is 2.81. The van der Waals surface area contributed by atoms with Crippen molar-refractivity contribution in [2.45, 2.75) is 20.3 Å². The van der Waals surface area contributed by atoms with Gasteiger partial charge in [-0.05, 0) is 59.5 Å². The van der Waals surface area contributed by atoms with E-state index in [1.165, 1.54) is 0 Å². The third-order valence-electron chi connectivity index (χ3n) is 2.84. The molecule has 0 saturated heterocycles. The molecular weight excluding hydrogens is 201 g/mol. The number of benzene rings is 2. The molecular formula is C14H12FN. The van der Waals surface area contributed by atoms with E-state index in [-0.39, 0.29) is 5.82 Å². The number of hydrogen-bond acceptors (Lipinski definition) is 1. The van der Waals surface area contributed by atoms with Gasteiger partial charge in [-0.1, -0.05) is 6.92 Å². The van der Waals surface area contributed by atoms with Crippen molar-refractivity contribution in [3.63, 3.8) is 0 Å². The molecule has 0 aliphatic carbocycles. The number of hydrogen-bond donors (Lipinski definition) is 0. The lowest BCUT2D eigenvalue weighted by atomic mass is 9.99. The number of fused-ring (bicyclic) bond motifs is 1. The first-order valence-corrected chi connectivity index (χ1v) is 5.28. The topological polar surface area (TPSA) is 23.8 Å². The van der Waals surface area contributed by atoms with E-state index in [0.717, 1.165) is 16.3 Å². The second-order valence-corrected chi connectivity index (χ2v) is 3.92. The van der Waals surface area contributed by atoms with Gasteiger partial charge in [-0.2, -0.15) is 5.26 Å². The van der Waals surface area contributed by atoms with Crippen molar-refractivity contribution in [2.75, 3.05) is 0 Å². The molecule has 0 heterocycles. The highest BCUT2D eigenvalue weighted by Crippen LogP contribution is 2.24. The molecule has 2 rings (SSSR count). The zero-order chi connectivity index (χ0) is 11.7. The van der Waals surface area contributed by atoms with Gasteiger partial charge in [0.15, 0.2) is 0 Å². The van der Waals surface area contributed by atoms with E-state index < -0.39 is 0 Å². The Morgan fingerprint density at radius 3 is 2.62 bits per heavy atom. The molecule has 0 aromatic heterocycles. The first-order valence-electron chi connectivity index (χ1n) is 5.28. The summed E-state index contributed by atoms with van der Waals surface area (Å²) in [7, 11) is 0. The predicted molar refractivity (Wildman–Crippen MR) is 62.7 cm³/mol. The molecule has 0 bridgehead atoms. The van der Waals surface area contributed by atoms with Gasteiger partial charge in [0.1, 0.15) is 5.82 Å². The minimum Gasteiger partial charge on any atom is -0.207 e. The summed E-state index contributed by atoms with van der Waals surface area (Å²) in [6.45, 7) is 3.82. The van der Waals surface area contributed by atoms with Crippen LogP contribution >= 0.6 is 0 Å². The van der Waals surface area contributed by atoms with Gasteiger partial charge >= 0.3 is 0 Å². The highest BCUT2D eigenvalue weighted by molar-refractivity contribution is 5.87. The van der Waals surface area contributed by atoms with Gasteiger partial charge in [0.2, 0.25) is 0 Å². The molecule has 0 atom stereocenters. The van der Waals surface area contributed by atoms with Gasteiger partial charge in [0, 0.05) is 0 Å². The molecule has 80 valence electrons. The van der Waals surface area contributed by atoms with E-state index in [4.69, 9.17) is 5.26 Å². The van der Waals surface area contributed by atoms with Gasteiger partial charge in [0.25, 0.3) is 0 Å². The fourth-order valence-corrected chi connectivity index (χ4v) is 1.95. The number of halogens is 1. The van der Waals surface area contributed by atoms with E-state index in [1.807, 2.05) is 19.9 Å². The maximum Gasteiger partial charge on any atom is 0.127 e. The average Bonchev–Trinajstić information content (AvgIpc) is 2.29. The lowest BCUT2D eigenvalue weighted by molar-refractivity contribution is 0.614. The highest BCUT2D eigenvalue weighted by Gasteiger charge is 2.06. The van der Waals surface area contributed by atoms with E-state index >= 15 is 0 Å². The largest absolute Gasteiger partial charge is 0.207 e. The molecule has 1 nitrogen and oxygen atoms in total. The summed E-state index contributed by atoms with van der Waals surface area (Å²) in [5.74, 6) is -0.164. The fourth-order valence-electron chi connectivity index (χ4n) is 1.95. The molecule has 0 aliphatic rings. The van der Waals surface area contributed by atoms with Gasteiger partial charge in [0.05, 0.1) is 11.6 Å². The number of nitriles is 1. The standard InChI is InChI=1S/C14H12FN/c1-3-11-6-12-5-10(8-16)4-9(2)13(12)7-14(11)15/h4-7H,3H2,1-2H3. The predicted octanol–water partition coefficient (Wildman–Crippen LogP) is 3.72. The molecule has 0 fully saturated rings. The van der Waals surface area contributed by atoms with Crippen molar-refractivity contribution in [2.24, 2.45) is 0 Å². The Morgan fingerprint density at radius 1 is 1.25 bits per heavy atom. The molecule has 0 amide bonds. The van der Waals surface area contributed by atoms with Crippen LogP contribution in [0.3, 0.4) is 0 Å². The Hall–Kier alpha value is -1.88. The summed E-state index contributed by atoms with van der Waals surface area (Å²) in [4.78, 5) is 0. The van der Waals surface area contributed by atoms with Gasteiger partial charge in [-0.3, -0.25) is 0 Å². The summed E-state index contributed by atoms with van der Waals surface area (Å²) in [6.07, 6.45) is 0.664. The lowest BCUT2D eigenvalue weighted by Crippen LogP contribution is -1.90. The zero-order valence-corrected chi connectivity index (χ0v) is 9.34. The Kier molecular flexibility index (Phi) is 2.62. The lowest BCUT2D eigenvalue weighted by Gasteiger charge is -2.06. The fraction of sp³-hybridized carbons (Fsp3) is 0.214. The Morgan fingerprint density at radius 2 is 2.00 bits per heavy atom. The Bertz CT molecular complexity index is 594. The Labute approximate surface area is 94.1 Å². The number of aryl methyl sites for hydroxylation is 2. The van der Waals surface area contributed by atoms with E-state index in [1.54, 1.807) is 18.2 Å². The van der Waals surface area contributed by atoms with Crippen LogP contribution in [0.25, 0.3) is 10.8 Å². The average molecular weight is 213 g/mol. The van der Waals surface area contributed by atoms with Crippen LogP contribution in [0, 0.1) is 24.1 Å². The molecule has 0 saturated carbocycles. The van der Waals surface area contributed by atoms with Gasteiger partial charge in [-0.15, -0.1) is 0 Å². The first kappa shape index (κ1) is 10.6. The van der Waals surface area contributed by atoms with Crippen LogP contribution < -0.4 is 0 Å². The minimum absolute atomic E-state index is 0.164. The van der Waals surface area contributed by atoms with Crippen LogP contribution in [0.2, 0.25) is 0 Å². The molecule has 2 heteroatoms. The van der Waals surface area contributed by atoms with Crippen LogP contribution in [0.15, 0.2) is 24.3 Å². The zero-order valence-electron chi connectivity index (χ0n) is 9.34. The van der Waals surface area contributed by atoms with E-state index in [9.17, 15) is 4.39 Å². The third-order valence-corrected chi connectivity index (χ3v) is 2.84. The molecule has 0 spiro atoms. The SMILES string of the molecule is CCc1cc2cc(C#N)cc(C)c2cc1F. The van der Waals surface area contributed by atoms with Gasteiger partial charge < -0.3 is 0 Å². The first-order chi connectivity index (χ1) is 7.65. The summed E-state index contributed by atoms with van der Waals surface area (Å²) in [5, 5.41) is 10.7. The number of nitrogens with zero attached hydrogens (tertiary/aromatic N) is 1. The van der Waals surface area contributed by atoms with Crippen LogP contribution in [0.4, 0.5) is 4.39 Å². The molecule has 2 aromatic rings. The molecule has 0 aliphatic heterocycles. The van der Waals surface area contributed by atoms with Crippen LogP contribution in [0.5, 0.6) is 0 Å². The van der Waals surface area contributed by atoms with E-state index in [0.29, 0.717) is 17.5 Å². The highest BCUT2D eigenvalue weighted by atomic mass is 19.1. The second kappa shape index (κ2) is 3.94. The molecule has 2 aromatic carbocycles. The van der Waals surface area contributed by atoms with Crippen molar-refractivity contribution < 1.29 is 4.39 Å². The van der Waals surface area contributed by atoms with Gasteiger partial charge in [-0.25, -0.2) is 4.39 Å². The number of rotatable bonds is 1. The normalized spacial score (nSPS) is 10.4.